The lowest BCUT2D eigenvalue weighted by atomic mass is 10.3. The van der Waals surface area contributed by atoms with Gasteiger partial charge in [0.1, 0.15) is 10.7 Å². The third-order valence-corrected chi connectivity index (χ3v) is 5.28. The number of carbonyl (C=O) groups is 1. The predicted octanol–water partition coefficient (Wildman–Crippen LogP) is 2.17. The van der Waals surface area contributed by atoms with Crippen LogP contribution in [0.1, 0.15) is 21.2 Å². The van der Waals surface area contributed by atoms with Gasteiger partial charge in [0.05, 0.1) is 5.69 Å². The quantitative estimate of drug-likeness (QED) is 0.861. The molecule has 3 heterocycles. The highest BCUT2D eigenvalue weighted by atomic mass is 35.5. The Labute approximate surface area is 155 Å². The fourth-order valence-corrected chi connectivity index (χ4v) is 3.76. The van der Waals surface area contributed by atoms with E-state index in [1.54, 1.807) is 16.7 Å². The summed E-state index contributed by atoms with van der Waals surface area (Å²) in [4.78, 5) is 25.2. The summed E-state index contributed by atoms with van der Waals surface area (Å²) in [6.45, 7) is 5.41. The topological polar surface area (TPSA) is 75.3 Å². The molecule has 2 aromatic heterocycles. The monoisotopic (exact) mass is 395 g/mol. The molecular weight excluding hydrogens is 377 g/mol. The van der Waals surface area contributed by atoms with Gasteiger partial charge < -0.3 is 15.5 Å². The van der Waals surface area contributed by atoms with E-state index in [1.807, 2.05) is 11.8 Å². The zero-order valence-electron chi connectivity index (χ0n) is 12.6. The number of amides is 1. The third-order valence-electron chi connectivity index (χ3n) is 3.39. The van der Waals surface area contributed by atoms with E-state index in [0.717, 1.165) is 28.9 Å². The molecule has 1 saturated heterocycles. The van der Waals surface area contributed by atoms with Crippen LogP contribution < -0.4 is 10.6 Å². The molecule has 0 aliphatic carbocycles. The molecule has 3 rings (SSSR count). The van der Waals surface area contributed by atoms with Crippen molar-refractivity contribution in [3.05, 3.63) is 27.2 Å². The summed E-state index contributed by atoms with van der Waals surface area (Å²) in [5.41, 5.74) is 7.10. The highest BCUT2D eigenvalue weighted by Crippen LogP contribution is 2.22. The zero-order valence-corrected chi connectivity index (χ0v) is 15.9. The molecule has 0 atom stereocenters. The van der Waals surface area contributed by atoms with Crippen molar-refractivity contribution in [2.75, 3.05) is 31.1 Å². The Bertz CT molecular complexity index is 640. The van der Waals surface area contributed by atoms with Crippen LogP contribution in [0.3, 0.4) is 0 Å². The number of rotatable bonds is 3. The number of anilines is 1. The van der Waals surface area contributed by atoms with Crippen molar-refractivity contribution in [3.8, 4) is 0 Å². The van der Waals surface area contributed by atoms with E-state index in [-0.39, 0.29) is 30.7 Å². The Morgan fingerprint density at radius 2 is 1.87 bits per heavy atom. The molecular formula is C13H19Cl2N5OS2. The van der Waals surface area contributed by atoms with E-state index in [4.69, 9.17) is 5.73 Å². The van der Waals surface area contributed by atoms with E-state index >= 15 is 0 Å². The summed E-state index contributed by atoms with van der Waals surface area (Å²) >= 11 is 3.09. The minimum absolute atomic E-state index is 0. The smallest absolute Gasteiger partial charge is 0.273 e. The van der Waals surface area contributed by atoms with Gasteiger partial charge in [-0.15, -0.1) is 47.5 Å². The molecule has 0 radical (unpaired) electrons. The van der Waals surface area contributed by atoms with Crippen LogP contribution in [-0.4, -0.2) is 47.0 Å². The van der Waals surface area contributed by atoms with Crippen molar-refractivity contribution in [2.45, 2.75) is 13.5 Å². The SMILES string of the molecule is Cc1csc(N2CCN(C(=O)c3csc(CN)n3)CC2)n1.Cl.Cl. The number of aryl methyl sites for hydroxylation is 1. The van der Waals surface area contributed by atoms with E-state index in [1.165, 1.54) is 11.3 Å². The lowest BCUT2D eigenvalue weighted by Crippen LogP contribution is -2.48. The molecule has 0 unspecified atom stereocenters. The number of carbonyl (C=O) groups excluding carboxylic acids is 1. The minimum Gasteiger partial charge on any atom is -0.345 e. The van der Waals surface area contributed by atoms with Gasteiger partial charge in [-0.05, 0) is 6.92 Å². The van der Waals surface area contributed by atoms with Gasteiger partial charge in [0.15, 0.2) is 5.13 Å². The second kappa shape index (κ2) is 8.79. The maximum absolute atomic E-state index is 12.4. The number of aromatic nitrogens is 2. The number of piperazine rings is 1. The maximum Gasteiger partial charge on any atom is 0.273 e. The average molecular weight is 396 g/mol. The van der Waals surface area contributed by atoms with Crippen LogP contribution in [0, 0.1) is 6.92 Å². The summed E-state index contributed by atoms with van der Waals surface area (Å²) < 4.78 is 0. The van der Waals surface area contributed by atoms with Crippen molar-refractivity contribution >= 4 is 58.5 Å². The summed E-state index contributed by atoms with van der Waals surface area (Å²) in [7, 11) is 0. The van der Waals surface area contributed by atoms with Gasteiger partial charge in [-0.1, -0.05) is 0 Å². The number of halogens is 2. The van der Waals surface area contributed by atoms with Gasteiger partial charge in [-0.2, -0.15) is 0 Å². The zero-order chi connectivity index (χ0) is 14.8. The summed E-state index contributed by atoms with van der Waals surface area (Å²) in [5, 5.41) is 5.69. The Morgan fingerprint density at radius 3 is 2.39 bits per heavy atom. The van der Waals surface area contributed by atoms with Gasteiger partial charge in [0.25, 0.3) is 5.91 Å². The average Bonchev–Trinajstić information content (AvgIpc) is 3.15. The lowest BCUT2D eigenvalue weighted by Gasteiger charge is -2.34. The van der Waals surface area contributed by atoms with Gasteiger partial charge in [-0.3, -0.25) is 4.79 Å². The maximum atomic E-state index is 12.4. The minimum atomic E-state index is 0. The van der Waals surface area contributed by atoms with Gasteiger partial charge >= 0.3 is 0 Å². The van der Waals surface area contributed by atoms with Gasteiger partial charge in [0, 0.05) is 43.5 Å². The van der Waals surface area contributed by atoms with Crippen molar-refractivity contribution in [2.24, 2.45) is 5.73 Å². The molecule has 23 heavy (non-hydrogen) atoms. The van der Waals surface area contributed by atoms with Gasteiger partial charge in [0.2, 0.25) is 0 Å². The third kappa shape index (κ3) is 4.54. The van der Waals surface area contributed by atoms with Crippen LogP contribution in [0.25, 0.3) is 0 Å². The summed E-state index contributed by atoms with van der Waals surface area (Å²) in [6.07, 6.45) is 0. The van der Waals surface area contributed by atoms with Crippen molar-refractivity contribution in [1.29, 1.82) is 0 Å². The lowest BCUT2D eigenvalue weighted by molar-refractivity contribution is 0.0741. The largest absolute Gasteiger partial charge is 0.345 e. The van der Waals surface area contributed by atoms with Crippen LogP contribution in [0.4, 0.5) is 5.13 Å². The second-order valence-electron chi connectivity index (χ2n) is 4.88. The molecule has 0 bridgehead atoms. The predicted molar refractivity (Wildman–Crippen MR) is 99.5 cm³/mol. The molecule has 1 aliphatic heterocycles. The molecule has 0 spiro atoms. The standard InChI is InChI=1S/C13H17N5OS2.2ClH/c1-9-7-21-13(15-9)18-4-2-17(3-5-18)12(19)10-8-20-11(6-14)16-10;;/h7-8H,2-6,14H2,1H3;2*1H. The van der Waals surface area contributed by atoms with Crippen molar-refractivity contribution < 1.29 is 4.79 Å². The fraction of sp³-hybridized carbons (Fsp3) is 0.462. The van der Waals surface area contributed by atoms with Crippen LogP contribution >= 0.6 is 47.5 Å². The van der Waals surface area contributed by atoms with Crippen LogP contribution in [0.2, 0.25) is 0 Å². The number of thiazole rings is 2. The van der Waals surface area contributed by atoms with Crippen molar-refractivity contribution in [3.63, 3.8) is 0 Å². The molecule has 1 amide bonds. The Balaban J connectivity index is 0.00000132. The molecule has 1 aliphatic rings. The molecule has 2 aromatic rings. The first-order valence-electron chi connectivity index (χ1n) is 6.78. The van der Waals surface area contributed by atoms with E-state index < -0.39 is 0 Å². The number of hydrogen-bond donors (Lipinski definition) is 1. The second-order valence-corrected chi connectivity index (χ2v) is 6.66. The van der Waals surface area contributed by atoms with Crippen molar-refractivity contribution in [1.82, 2.24) is 14.9 Å². The normalized spacial score (nSPS) is 14.2. The van der Waals surface area contributed by atoms with Gasteiger partial charge in [-0.25, -0.2) is 9.97 Å². The number of nitrogens with two attached hydrogens (primary N) is 1. The highest BCUT2D eigenvalue weighted by molar-refractivity contribution is 7.13. The van der Waals surface area contributed by atoms with E-state index in [9.17, 15) is 4.79 Å². The Hall–Kier alpha value is -0.930. The number of hydrogen-bond acceptors (Lipinski definition) is 7. The first-order chi connectivity index (χ1) is 10.2. The molecule has 1 fully saturated rings. The Kier molecular flexibility index (Phi) is 7.69. The first kappa shape index (κ1) is 20.1. The number of nitrogens with zero attached hydrogens (tertiary/aromatic N) is 4. The molecule has 128 valence electrons. The molecule has 2 N–H and O–H groups in total. The Morgan fingerprint density at radius 1 is 1.17 bits per heavy atom. The van der Waals surface area contributed by atoms with Crippen LogP contribution in [0.5, 0.6) is 0 Å². The molecule has 0 aromatic carbocycles. The van der Waals surface area contributed by atoms with E-state index in [2.05, 4.69) is 20.2 Å². The summed E-state index contributed by atoms with van der Waals surface area (Å²) in [5.74, 6) is 0.000851. The van der Waals surface area contributed by atoms with Crippen LogP contribution in [0.15, 0.2) is 10.8 Å². The molecule has 6 nitrogen and oxygen atoms in total. The molecule has 10 heteroatoms. The fourth-order valence-electron chi connectivity index (χ4n) is 2.25. The van der Waals surface area contributed by atoms with Crippen LogP contribution in [-0.2, 0) is 6.54 Å². The van der Waals surface area contributed by atoms with E-state index in [0.29, 0.717) is 25.3 Å². The first-order valence-corrected chi connectivity index (χ1v) is 8.54. The molecule has 0 saturated carbocycles. The highest BCUT2D eigenvalue weighted by Gasteiger charge is 2.24. The summed E-state index contributed by atoms with van der Waals surface area (Å²) in [6, 6.07) is 0.